The highest BCUT2D eigenvalue weighted by Crippen LogP contribution is 2.21. The topological polar surface area (TPSA) is 98.5 Å². The number of carbonyl (C=O) groups is 3. The summed E-state index contributed by atoms with van der Waals surface area (Å²) in [6.07, 6.45) is 0. The van der Waals surface area contributed by atoms with Crippen molar-refractivity contribution in [1.29, 1.82) is 0 Å². The van der Waals surface area contributed by atoms with Gasteiger partial charge in [0, 0.05) is 4.90 Å². The van der Waals surface area contributed by atoms with Crippen molar-refractivity contribution >= 4 is 35.2 Å². The number of primary amides is 1. The van der Waals surface area contributed by atoms with Crippen LogP contribution in [0.5, 0.6) is 0 Å². The number of amides is 2. The molecule has 2 amide bonds. The molecule has 2 rings (SSSR count). The third-order valence-corrected chi connectivity index (χ3v) is 4.42. The van der Waals surface area contributed by atoms with E-state index >= 15 is 0 Å². The molecule has 0 aromatic heterocycles. The second kappa shape index (κ2) is 8.89. The third-order valence-electron chi connectivity index (χ3n) is 3.27. The molecule has 0 fully saturated rings. The second-order valence-electron chi connectivity index (χ2n) is 5.17. The van der Waals surface area contributed by atoms with E-state index in [2.05, 4.69) is 5.32 Å². The lowest BCUT2D eigenvalue weighted by atomic mass is 10.1. The van der Waals surface area contributed by atoms with Gasteiger partial charge in [0.1, 0.15) is 0 Å². The molecule has 0 saturated heterocycles. The molecular weight excluding hydrogens is 340 g/mol. The predicted octanol–water partition coefficient (Wildman–Crippen LogP) is 2.37. The molecule has 0 atom stereocenters. The Balaban J connectivity index is 1.81. The van der Waals surface area contributed by atoms with Gasteiger partial charge in [-0.25, -0.2) is 0 Å². The van der Waals surface area contributed by atoms with E-state index in [1.165, 1.54) is 17.8 Å². The Hall–Kier alpha value is -2.80. The van der Waals surface area contributed by atoms with E-state index in [4.69, 9.17) is 10.5 Å². The number of carbonyl (C=O) groups excluding carboxylic acids is 3. The van der Waals surface area contributed by atoms with E-state index in [0.29, 0.717) is 0 Å². The first-order valence-corrected chi connectivity index (χ1v) is 8.48. The van der Waals surface area contributed by atoms with Crippen LogP contribution in [0, 0.1) is 6.92 Å². The van der Waals surface area contributed by atoms with Crippen LogP contribution in [0.1, 0.15) is 15.9 Å². The van der Waals surface area contributed by atoms with Gasteiger partial charge in [-0.1, -0.05) is 30.3 Å². The lowest BCUT2D eigenvalue weighted by Gasteiger charge is -2.09. The largest absolute Gasteiger partial charge is 0.455 e. The van der Waals surface area contributed by atoms with Gasteiger partial charge in [0.15, 0.2) is 6.61 Å². The summed E-state index contributed by atoms with van der Waals surface area (Å²) >= 11 is 1.35. The third kappa shape index (κ3) is 5.65. The molecule has 7 heteroatoms. The van der Waals surface area contributed by atoms with Gasteiger partial charge in [0.05, 0.1) is 17.0 Å². The monoisotopic (exact) mass is 358 g/mol. The van der Waals surface area contributed by atoms with Gasteiger partial charge in [-0.15, -0.1) is 11.8 Å². The Morgan fingerprint density at radius 3 is 2.48 bits per heavy atom. The second-order valence-corrected chi connectivity index (χ2v) is 6.19. The number of nitrogens with one attached hydrogen (secondary N) is 1. The Labute approximate surface area is 149 Å². The molecule has 3 N–H and O–H groups in total. The molecule has 0 spiro atoms. The number of anilines is 1. The quantitative estimate of drug-likeness (QED) is 0.585. The molecule has 6 nitrogen and oxygen atoms in total. The summed E-state index contributed by atoms with van der Waals surface area (Å²) < 4.78 is 4.95. The van der Waals surface area contributed by atoms with Crippen LogP contribution < -0.4 is 11.1 Å². The molecule has 0 heterocycles. The molecule has 2 aromatic carbocycles. The number of aryl methyl sites for hydroxylation is 1. The zero-order valence-electron chi connectivity index (χ0n) is 13.7. The minimum absolute atomic E-state index is 0.107. The SMILES string of the molecule is Cc1ccccc1SCC(=O)OCC(=O)Nc1ccccc1C(N)=O. The van der Waals surface area contributed by atoms with Crippen molar-refractivity contribution in [2.45, 2.75) is 11.8 Å². The molecule has 0 radical (unpaired) electrons. The van der Waals surface area contributed by atoms with E-state index in [0.717, 1.165) is 10.5 Å². The lowest BCUT2D eigenvalue weighted by molar-refractivity contribution is -0.144. The predicted molar refractivity (Wildman–Crippen MR) is 96.5 cm³/mol. The van der Waals surface area contributed by atoms with Gasteiger partial charge < -0.3 is 15.8 Å². The molecule has 25 heavy (non-hydrogen) atoms. The van der Waals surface area contributed by atoms with Crippen molar-refractivity contribution in [3.63, 3.8) is 0 Å². The number of hydrogen-bond acceptors (Lipinski definition) is 5. The molecular formula is C18H18N2O4S. The van der Waals surface area contributed by atoms with Crippen LogP contribution in [-0.4, -0.2) is 30.1 Å². The zero-order valence-corrected chi connectivity index (χ0v) is 14.5. The Kier molecular flexibility index (Phi) is 6.59. The number of hydrogen-bond donors (Lipinski definition) is 2. The maximum Gasteiger partial charge on any atom is 0.316 e. The maximum atomic E-state index is 11.9. The van der Waals surface area contributed by atoms with Crippen LogP contribution in [0.4, 0.5) is 5.69 Å². The van der Waals surface area contributed by atoms with Gasteiger partial charge in [-0.2, -0.15) is 0 Å². The van der Waals surface area contributed by atoms with Crippen LogP contribution >= 0.6 is 11.8 Å². The lowest BCUT2D eigenvalue weighted by Crippen LogP contribution is -2.23. The normalized spacial score (nSPS) is 10.1. The Morgan fingerprint density at radius 2 is 1.76 bits per heavy atom. The Morgan fingerprint density at radius 1 is 1.08 bits per heavy atom. The van der Waals surface area contributed by atoms with Gasteiger partial charge >= 0.3 is 5.97 Å². The molecule has 0 aliphatic rings. The van der Waals surface area contributed by atoms with Crippen LogP contribution in [0.3, 0.4) is 0 Å². The molecule has 0 saturated carbocycles. The smallest absolute Gasteiger partial charge is 0.316 e. The van der Waals surface area contributed by atoms with Gasteiger partial charge in [-0.3, -0.25) is 14.4 Å². The fourth-order valence-electron chi connectivity index (χ4n) is 2.04. The zero-order chi connectivity index (χ0) is 18.2. The van der Waals surface area contributed by atoms with Crippen molar-refractivity contribution in [2.24, 2.45) is 5.73 Å². The van der Waals surface area contributed by atoms with E-state index in [1.807, 2.05) is 31.2 Å². The molecule has 0 aliphatic carbocycles. The summed E-state index contributed by atoms with van der Waals surface area (Å²) in [4.78, 5) is 35.9. The average Bonchev–Trinajstić information content (AvgIpc) is 2.59. The molecule has 0 bridgehead atoms. The standard InChI is InChI=1S/C18H18N2O4S/c1-12-6-2-5-9-15(12)25-11-17(22)24-10-16(21)20-14-8-4-3-7-13(14)18(19)23/h2-9H,10-11H2,1H3,(H2,19,23)(H,20,21). The van der Waals surface area contributed by atoms with E-state index in [9.17, 15) is 14.4 Å². The van der Waals surface area contributed by atoms with Crippen LogP contribution in [-0.2, 0) is 14.3 Å². The summed E-state index contributed by atoms with van der Waals surface area (Å²) in [5.74, 6) is -1.58. The van der Waals surface area contributed by atoms with Crippen LogP contribution in [0.2, 0.25) is 0 Å². The van der Waals surface area contributed by atoms with Gasteiger partial charge in [0.25, 0.3) is 11.8 Å². The summed E-state index contributed by atoms with van der Waals surface area (Å²) in [6, 6.07) is 14.0. The first kappa shape index (κ1) is 18.5. The molecule has 2 aromatic rings. The van der Waals surface area contributed by atoms with Crippen molar-refractivity contribution in [3.05, 3.63) is 59.7 Å². The fourth-order valence-corrected chi connectivity index (χ4v) is 2.86. The van der Waals surface area contributed by atoms with Crippen LogP contribution in [0.15, 0.2) is 53.4 Å². The minimum atomic E-state index is -0.650. The van der Waals surface area contributed by atoms with Crippen molar-refractivity contribution in [3.8, 4) is 0 Å². The minimum Gasteiger partial charge on any atom is -0.455 e. The highest BCUT2D eigenvalue weighted by atomic mass is 32.2. The summed E-state index contributed by atoms with van der Waals surface area (Å²) in [5.41, 5.74) is 6.79. The van der Waals surface area contributed by atoms with Gasteiger partial charge in [0.2, 0.25) is 0 Å². The van der Waals surface area contributed by atoms with Gasteiger partial charge in [-0.05, 0) is 30.7 Å². The van der Waals surface area contributed by atoms with Crippen molar-refractivity contribution < 1.29 is 19.1 Å². The maximum absolute atomic E-state index is 11.9. The molecule has 0 aliphatic heterocycles. The number of esters is 1. The van der Waals surface area contributed by atoms with E-state index in [1.54, 1.807) is 18.2 Å². The first-order chi connectivity index (χ1) is 12.0. The Bertz CT molecular complexity index is 792. The fraction of sp³-hybridized carbons (Fsp3) is 0.167. The number of nitrogens with two attached hydrogens (primary N) is 1. The van der Waals surface area contributed by atoms with Crippen molar-refractivity contribution in [2.75, 3.05) is 17.7 Å². The number of benzene rings is 2. The average molecular weight is 358 g/mol. The summed E-state index contributed by atoms with van der Waals surface area (Å²) in [6.45, 7) is 1.53. The van der Waals surface area contributed by atoms with Crippen molar-refractivity contribution in [1.82, 2.24) is 0 Å². The summed E-state index contributed by atoms with van der Waals surface area (Å²) in [7, 11) is 0. The molecule has 130 valence electrons. The summed E-state index contributed by atoms with van der Waals surface area (Å²) in [5, 5.41) is 2.51. The first-order valence-electron chi connectivity index (χ1n) is 7.50. The number of para-hydroxylation sites is 1. The highest BCUT2D eigenvalue weighted by Gasteiger charge is 2.12. The number of thioether (sulfide) groups is 1. The van der Waals surface area contributed by atoms with Crippen LogP contribution in [0.25, 0.3) is 0 Å². The number of ether oxygens (including phenoxy) is 1. The molecule has 0 unspecified atom stereocenters. The highest BCUT2D eigenvalue weighted by molar-refractivity contribution is 8.00. The van der Waals surface area contributed by atoms with E-state index < -0.39 is 24.4 Å². The number of rotatable bonds is 7. The van der Waals surface area contributed by atoms with E-state index in [-0.39, 0.29) is 17.0 Å².